The SMILES string of the molecule is COC[C@H](NCC(=O)N1C[C@@H](C)O[C@@H](C)C1)c1ccco1. The summed E-state index contributed by atoms with van der Waals surface area (Å²) in [5.74, 6) is 0.845. The lowest BCUT2D eigenvalue weighted by Crippen LogP contribution is -2.50. The molecule has 0 aliphatic carbocycles. The molecule has 1 aliphatic rings. The Kier molecular flexibility index (Phi) is 5.78. The van der Waals surface area contributed by atoms with Crippen molar-refractivity contribution in [1.82, 2.24) is 10.2 Å². The number of hydrogen-bond donors (Lipinski definition) is 1. The van der Waals surface area contributed by atoms with E-state index in [0.717, 1.165) is 5.76 Å². The number of carbonyl (C=O) groups excluding carboxylic acids is 1. The third-order valence-corrected chi connectivity index (χ3v) is 3.49. The molecule has 0 spiro atoms. The first kappa shape index (κ1) is 16.0. The van der Waals surface area contributed by atoms with Gasteiger partial charge in [0.15, 0.2) is 0 Å². The molecule has 118 valence electrons. The maximum Gasteiger partial charge on any atom is 0.236 e. The number of carbonyl (C=O) groups is 1. The summed E-state index contributed by atoms with van der Waals surface area (Å²) in [6.07, 6.45) is 1.78. The molecule has 6 nitrogen and oxygen atoms in total. The summed E-state index contributed by atoms with van der Waals surface area (Å²) in [6, 6.07) is 3.58. The van der Waals surface area contributed by atoms with Crippen molar-refractivity contribution in [2.24, 2.45) is 0 Å². The Morgan fingerprint density at radius 1 is 1.48 bits per heavy atom. The van der Waals surface area contributed by atoms with Crippen molar-refractivity contribution < 1.29 is 18.7 Å². The van der Waals surface area contributed by atoms with Crippen LogP contribution >= 0.6 is 0 Å². The van der Waals surface area contributed by atoms with Crippen molar-refractivity contribution in [2.45, 2.75) is 32.1 Å². The lowest BCUT2D eigenvalue weighted by molar-refractivity contribution is -0.142. The van der Waals surface area contributed by atoms with Gasteiger partial charge in [-0.05, 0) is 26.0 Å². The highest BCUT2D eigenvalue weighted by atomic mass is 16.5. The van der Waals surface area contributed by atoms with Crippen LogP contribution < -0.4 is 5.32 Å². The van der Waals surface area contributed by atoms with Crippen molar-refractivity contribution in [3.63, 3.8) is 0 Å². The summed E-state index contributed by atoms with van der Waals surface area (Å²) < 4.78 is 16.2. The Morgan fingerprint density at radius 3 is 2.76 bits per heavy atom. The number of rotatable bonds is 6. The van der Waals surface area contributed by atoms with Crippen LogP contribution in [-0.4, -0.2) is 56.4 Å². The van der Waals surface area contributed by atoms with E-state index in [4.69, 9.17) is 13.9 Å². The van der Waals surface area contributed by atoms with Gasteiger partial charge in [0.25, 0.3) is 0 Å². The van der Waals surface area contributed by atoms with Gasteiger partial charge in [-0.3, -0.25) is 10.1 Å². The van der Waals surface area contributed by atoms with Gasteiger partial charge in [0, 0.05) is 20.2 Å². The first-order chi connectivity index (χ1) is 10.1. The van der Waals surface area contributed by atoms with Crippen molar-refractivity contribution in [3.05, 3.63) is 24.2 Å². The van der Waals surface area contributed by atoms with Gasteiger partial charge in [0.05, 0.1) is 37.7 Å². The second kappa shape index (κ2) is 7.59. The number of nitrogens with zero attached hydrogens (tertiary/aromatic N) is 1. The van der Waals surface area contributed by atoms with E-state index < -0.39 is 0 Å². The highest BCUT2D eigenvalue weighted by Gasteiger charge is 2.26. The lowest BCUT2D eigenvalue weighted by Gasteiger charge is -2.35. The topological polar surface area (TPSA) is 63.9 Å². The van der Waals surface area contributed by atoms with Crippen molar-refractivity contribution in [2.75, 3.05) is 33.4 Å². The summed E-state index contributed by atoms with van der Waals surface area (Å²) in [4.78, 5) is 14.1. The molecule has 0 saturated carbocycles. The van der Waals surface area contributed by atoms with E-state index in [9.17, 15) is 4.79 Å². The van der Waals surface area contributed by atoms with E-state index >= 15 is 0 Å². The van der Waals surface area contributed by atoms with Crippen LogP contribution in [0.5, 0.6) is 0 Å². The van der Waals surface area contributed by atoms with Gasteiger partial charge >= 0.3 is 0 Å². The third-order valence-electron chi connectivity index (χ3n) is 3.49. The van der Waals surface area contributed by atoms with Gasteiger partial charge in [-0.25, -0.2) is 0 Å². The summed E-state index contributed by atoms with van der Waals surface area (Å²) in [5.41, 5.74) is 0. The summed E-state index contributed by atoms with van der Waals surface area (Å²) in [7, 11) is 1.63. The number of morpholine rings is 1. The normalized spacial score (nSPS) is 24.0. The lowest BCUT2D eigenvalue weighted by atomic mass is 10.2. The summed E-state index contributed by atoms with van der Waals surface area (Å²) in [6.45, 7) is 5.96. The predicted molar refractivity (Wildman–Crippen MR) is 77.9 cm³/mol. The second-order valence-electron chi connectivity index (χ2n) is 5.46. The molecular formula is C15H24N2O4. The molecule has 3 atom stereocenters. The number of amides is 1. The Bertz CT molecular complexity index is 425. The zero-order valence-electron chi connectivity index (χ0n) is 12.9. The minimum Gasteiger partial charge on any atom is -0.468 e. The molecule has 0 aromatic carbocycles. The molecule has 1 aromatic rings. The van der Waals surface area contributed by atoms with Gasteiger partial charge in [-0.2, -0.15) is 0 Å². The first-order valence-corrected chi connectivity index (χ1v) is 7.29. The first-order valence-electron chi connectivity index (χ1n) is 7.29. The molecular weight excluding hydrogens is 272 g/mol. The summed E-state index contributed by atoms with van der Waals surface area (Å²) in [5, 5.41) is 3.20. The minimum atomic E-state index is -0.121. The monoisotopic (exact) mass is 296 g/mol. The van der Waals surface area contributed by atoms with E-state index in [1.54, 1.807) is 13.4 Å². The number of hydrogen-bond acceptors (Lipinski definition) is 5. The fourth-order valence-electron chi connectivity index (χ4n) is 2.60. The van der Waals surface area contributed by atoms with E-state index in [2.05, 4.69) is 5.32 Å². The van der Waals surface area contributed by atoms with Gasteiger partial charge in [0.1, 0.15) is 5.76 Å². The average Bonchev–Trinajstić information content (AvgIpc) is 2.96. The Labute approximate surface area is 125 Å². The van der Waals surface area contributed by atoms with Crippen LogP contribution in [0.3, 0.4) is 0 Å². The second-order valence-corrected chi connectivity index (χ2v) is 5.46. The summed E-state index contributed by atoms with van der Waals surface area (Å²) >= 11 is 0. The van der Waals surface area contributed by atoms with Gasteiger partial charge in [-0.1, -0.05) is 0 Å². The highest BCUT2D eigenvalue weighted by molar-refractivity contribution is 5.78. The molecule has 6 heteroatoms. The van der Waals surface area contributed by atoms with Gasteiger partial charge in [0.2, 0.25) is 5.91 Å². The van der Waals surface area contributed by atoms with Crippen LogP contribution in [0.4, 0.5) is 0 Å². The van der Waals surface area contributed by atoms with Crippen LogP contribution in [0.2, 0.25) is 0 Å². The molecule has 0 radical (unpaired) electrons. The number of furan rings is 1. The van der Waals surface area contributed by atoms with Gasteiger partial charge < -0.3 is 18.8 Å². The number of nitrogens with one attached hydrogen (secondary N) is 1. The quantitative estimate of drug-likeness (QED) is 0.854. The molecule has 1 saturated heterocycles. The maximum absolute atomic E-state index is 12.3. The molecule has 1 fully saturated rings. The zero-order valence-corrected chi connectivity index (χ0v) is 12.9. The third kappa shape index (κ3) is 4.56. The largest absolute Gasteiger partial charge is 0.468 e. The zero-order chi connectivity index (χ0) is 15.2. The molecule has 1 aliphatic heterocycles. The van der Waals surface area contributed by atoms with Crippen molar-refractivity contribution in [3.8, 4) is 0 Å². The predicted octanol–water partition coefficient (Wildman–Crippen LogP) is 1.19. The minimum absolute atomic E-state index is 0.0738. The fraction of sp³-hybridized carbons (Fsp3) is 0.667. The highest BCUT2D eigenvalue weighted by Crippen LogP contribution is 2.14. The Morgan fingerprint density at radius 2 is 2.19 bits per heavy atom. The van der Waals surface area contributed by atoms with E-state index in [1.165, 1.54) is 0 Å². The smallest absolute Gasteiger partial charge is 0.236 e. The molecule has 1 amide bonds. The van der Waals surface area contributed by atoms with Crippen LogP contribution in [0.1, 0.15) is 25.6 Å². The van der Waals surface area contributed by atoms with Crippen molar-refractivity contribution >= 4 is 5.91 Å². The van der Waals surface area contributed by atoms with E-state index in [0.29, 0.717) is 19.7 Å². The van der Waals surface area contributed by atoms with Crippen LogP contribution in [0.25, 0.3) is 0 Å². The Hall–Kier alpha value is -1.37. The van der Waals surface area contributed by atoms with Crippen LogP contribution in [0.15, 0.2) is 22.8 Å². The van der Waals surface area contributed by atoms with E-state index in [-0.39, 0.29) is 30.7 Å². The molecule has 0 unspecified atom stereocenters. The molecule has 2 heterocycles. The van der Waals surface area contributed by atoms with Gasteiger partial charge in [-0.15, -0.1) is 0 Å². The van der Waals surface area contributed by atoms with Crippen LogP contribution in [0, 0.1) is 0 Å². The number of ether oxygens (including phenoxy) is 2. The molecule has 21 heavy (non-hydrogen) atoms. The Balaban J connectivity index is 1.87. The molecule has 1 N–H and O–H groups in total. The molecule has 0 bridgehead atoms. The molecule has 2 rings (SSSR count). The van der Waals surface area contributed by atoms with Crippen molar-refractivity contribution in [1.29, 1.82) is 0 Å². The van der Waals surface area contributed by atoms with Crippen LogP contribution in [-0.2, 0) is 14.3 Å². The van der Waals surface area contributed by atoms with E-state index in [1.807, 2.05) is 30.9 Å². The number of methoxy groups -OCH3 is 1. The molecule has 1 aromatic heterocycles. The standard InChI is InChI=1S/C15H24N2O4/c1-11-8-17(9-12(2)21-11)15(18)7-16-13(10-19-3)14-5-4-6-20-14/h4-6,11-13,16H,7-10H2,1-3H3/t11-,12+,13-/m0/s1. The fourth-order valence-corrected chi connectivity index (χ4v) is 2.60. The maximum atomic E-state index is 12.3. The average molecular weight is 296 g/mol.